The van der Waals surface area contributed by atoms with Crippen LogP contribution in [0.3, 0.4) is 0 Å². The number of carboxylic acid groups (broad SMARTS) is 1. The first kappa shape index (κ1) is 24.2. The van der Waals surface area contributed by atoms with Crippen molar-refractivity contribution in [2.75, 3.05) is 20.2 Å². The third kappa shape index (κ3) is 5.30. The van der Waals surface area contributed by atoms with Gasteiger partial charge in [0.1, 0.15) is 18.2 Å². The summed E-state index contributed by atoms with van der Waals surface area (Å²) in [5, 5.41) is 23.4. The van der Waals surface area contributed by atoms with Crippen LogP contribution in [-0.4, -0.2) is 43.4 Å². The molecule has 0 aromatic heterocycles. The first-order valence-corrected chi connectivity index (χ1v) is 10.0. The molecule has 0 spiro atoms. The van der Waals surface area contributed by atoms with Gasteiger partial charge in [0.25, 0.3) is 11.8 Å². The number of ether oxygens (including phenoxy) is 1. The number of nitro benzene ring substituents is 1. The van der Waals surface area contributed by atoms with Gasteiger partial charge in [0.2, 0.25) is 0 Å². The zero-order chi connectivity index (χ0) is 24.4. The fourth-order valence-electron chi connectivity index (χ4n) is 4.36. The molecular weight excluding hydrogens is 445 g/mol. The molecule has 1 saturated heterocycles. The average molecular weight is 466 g/mol. The Balaban J connectivity index is 2.00. The molecule has 1 aliphatic heterocycles. The zero-order valence-corrected chi connectivity index (χ0v) is 17.6. The van der Waals surface area contributed by atoms with Crippen molar-refractivity contribution in [2.45, 2.75) is 24.9 Å². The molecule has 1 heterocycles. The summed E-state index contributed by atoms with van der Waals surface area (Å²) in [5.41, 5.74) is 0.587. The molecule has 3 unspecified atom stereocenters. The molecule has 3 atom stereocenters. The van der Waals surface area contributed by atoms with Crippen LogP contribution >= 0.6 is 0 Å². The number of rotatable bonds is 5. The van der Waals surface area contributed by atoms with Crippen molar-refractivity contribution in [3.05, 3.63) is 69.8 Å². The van der Waals surface area contributed by atoms with E-state index in [0.717, 1.165) is 0 Å². The van der Waals surface area contributed by atoms with Crippen molar-refractivity contribution >= 4 is 23.4 Å². The van der Waals surface area contributed by atoms with Crippen molar-refractivity contribution in [3.8, 4) is 0 Å². The van der Waals surface area contributed by atoms with Crippen LogP contribution < -0.4 is 9.59 Å². The standard InChI is InChI=1S/C22H21F3N2O6/c1-33-20(28)17-10-16(15-4-2-14(3-5-15)11-22(23,24)25)12-27(13-17,21(29)30)19-8-6-18(7-9-19)26(31)32/h2-9,16-17H,10-13H2,1H3. The monoisotopic (exact) mass is 466 g/mol. The second-order valence-corrected chi connectivity index (χ2v) is 8.06. The van der Waals surface area contributed by atoms with Crippen LogP contribution in [0.25, 0.3) is 0 Å². The molecule has 1 aliphatic rings. The number of nitrogens with zero attached hydrogens (tertiary/aromatic N) is 2. The van der Waals surface area contributed by atoms with Crippen LogP contribution in [0.4, 0.5) is 29.3 Å². The number of alkyl halides is 3. The van der Waals surface area contributed by atoms with E-state index in [-0.39, 0.29) is 36.4 Å². The van der Waals surface area contributed by atoms with Gasteiger partial charge in [-0.3, -0.25) is 14.9 Å². The lowest BCUT2D eigenvalue weighted by molar-refractivity contribution is -0.384. The number of benzene rings is 2. The van der Waals surface area contributed by atoms with Gasteiger partial charge in [-0.2, -0.15) is 13.2 Å². The Hall–Kier alpha value is -3.47. The number of carbonyl (C=O) groups excluding carboxylic acids is 2. The average Bonchev–Trinajstić information content (AvgIpc) is 2.77. The molecule has 33 heavy (non-hydrogen) atoms. The number of methoxy groups -OCH3 is 1. The van der Waals surface area contributed by atoms with E-state index in [9.17, 15) is 38.0 Å². The second kappa shape index (κ2) is 9.18. The predicted octanol–water partition coefficient (Wildman–Crippen LogP) is 3.33. The lowest BCUT2D eigenvalue weighted by atomic mass is 9.82. The molecule has 2 aromatic carbocycles. The van der Waals surface area contributed by atoms with Gasteiger partial charge in [-0.25, -0.2) is 4.48 Å². The molecule has 8 nitrogen and oxygen atoms in total. The number of amides is 1. The number of carbonyl (C=O) groups is 2. The fourth-order valence-corrected chi connectivity index (χ4v) is 4.36. The minimum atomic E-state index is -4.36. The summed E-state index contributed by atoms with van der Waals surface area (Å²) in [7, 11) is 1.18. The van der Waals surface area contributed by atoms with E-state index in [1.807, 2.05) is 0 Å². The Kier molecular flexibility index (Phi) is 6.73. The van der Waals surface area contributed by atoms with E-state index >= 15 is 0 Å². The third-order valence-corrected chi connectivity index (χ3v) is 5.93. The van der Waals surface area contributed by atoms with Crippen LogP contribution in [0, 0.1) is 16.0 Å². The highest BCUT2D eigenvalue weighted by molar-refractivity contribution is 5.82. The van der Waals surface area contributed by atoms with Crippen LogP contribution in [-0.2, 0) is 16.0 Å². The number of esters is 1. The number of non-ortho nitro benzene ring substituents is 1. The molecule has 0 N–H and O–H groups in total. The van der Waals surface area contributed by atoms with Crippen LogP contribution in [0.1, 0.15) is 23.5 Å². The minimum absolute atomic E-state index is 0.0493. The fraction of sp³-hybridized carbons (Fsp3) is 0.364. The molecule has 176 valence electrons. The van der Waals surface area contributed by atoms with E-state index in [4.69, 9.17) is 4.74 Å². The van der Waals surface area contributed by atoms with E-state index in [0.29, 0.717) is 5.56 Å². The highest BCUT2D eigenvalue weighted by atomic mass is 19.4. The van der Waals surface area contributed by atoms with Gasteiger partial charge in [-0.1, -0.05) is 24.3 Å². The predicted molar refractivity (Wildman–Crippen MR) is 109 cm³/mol. The highest BCUT2D eigenvalue weighted by Gasteiger charge is 2.47. The molecule has 1 amide bonds. The molecule has 0 radical (unpaired) electrons. The van der Waals surface area contributed by atoms with E-state index in [1.165, 1.54) is 55.6 Å². The smallest absolute Gasteiger partial charge is 0.393 e. The van der Waals surface area contributed by atoms with Crippen molar-refractivity contribution in [1.29, 1.82) is 0 Å². The summed E-state index contributed by atoms with van der Waals surface area (Å²) in [4.78, 5) is 35.1. The SMILES string of the molecule is COC(=O)C1CC(c2ccc(CC(F)(F)F)cc2)C[N+](C(=O)[O-])(c2ccc([N+](=O)[O-])cc2)C1. The molecule has 3 rings (SSSR count). The van der Waals surface area contributed by atoms with E-state index in [2.05, 4.69) is 0 Å². The molecule has 0 aliphatic carbocycles. The Labute approximate surface area is 186 Å². The molecule has 0 saturated carbocycles. The lowest BCUT2D eigenvalue weighted by Crippen LogP contribution is -2.66. The quantitative estimate of drug-likeness (QED) is 0.289. The van der Waals surface area contributed by atoms with Gasteiger partial charge < -0.3 is 14.6 Å². The van der Waals surface area contributed by atoms with Crippen molar-refractivity contribution in [1.82, 2.24) is 4.48 Å². The van der Waals surface area contributed by atoms with Crippen molar-refractivity contribution in [3.63, 3.8) is 0 Å². The molecule has 11 heteroatoms. The number of halogens is 3. The molecule has 1 fully saturated rings. The lowest BCUT2D eigenvalue weighted by Gasteiger charge is -2.45. The van der Waals surface area contributed by atoms with Crippen molar-refractivity contribution < 1.29 is 37.5 Å². The summed E-state index contributed by atoms with van der Waals surface area (Å²) in [6, 6.07) is 10.6. The Morgan fingerprint density at radius 1 is 1.09 bits per heavy atom. The summed E-state index contributed by atoms with van der Waals surface area (Å²) in [6.45, 7) is -0.234. The summed E-state index contributed by atoms with van der Waals surface area (Å²) in [6.07, 6.45) is -6.73. The first-order valence-electron chi connectivity index (χ1n) is 10.0. The Morgan fingerprint density at radius 3 is 2.18 bits per heavy atom. The first-order chi connectivity index (χ1) is 15.4. The molecular formula is C22H21F3N2O6. The minimum Gasteiger partial charge on any atom is -0.498 e. The van der Waals surface area contributed by atoms with Gasteiger partial charge >= 0.3 is 12.1 Å². The van der Waals surface area contributed by atoms with Gasteiger partial charge in [-0.15, -0.1) is 0 Å². The molecule has 0 bridgehead atoms. The second-order valence-electron chi connectivity index (χ2n) is 8.06. The summed E-state index contributed by atoms with van der Waals surface area (Å²) < 4.78 is 42.0. The van der Waals surface area contributed by atoms with E-state index < -0.39 is 45.9 Å². The van der Waals surface area contributed by atoms with Gasteiger partial charge in [-0.05, 0) is 17.5 Å². The van der Waals surface area contributed by atoms with Gasteiger partial charge in [0, 0.05) is 30.2 Å². The van der Waals surface area contributed by atoms with Crippen LogP contribution in [0.2, 0.25) is 0 Å². The van der Waals surface area contributed by atoms with Gasteiger partial charge in [0.05, 0.1) is 25.0 Å². The molecule has 2 aromatic rings. The Bertz CT molecular complexity index is 1040. The topological polar surface area (TPSA) is 110 Å². The van der Waals surface area contributed by atoms with Gasteiger partial charge in [0.15, 0.2) is 0 Å². The third-order valence-electron chi connectivity index (χ3n) is 5.93. The van der Waals surface area contributed by atoms with Crippen molar-refractivity contribution in [2.24, 2.45) is 5.92 Å². The Morgan fingerprint density at radius 2 is 1.70 bits per heavy atom. The highest BCUT2D eigenvalue weighted by Crippen LogP contribution is 2.39. The number of piperidine rings is 1. The van der Waals surface area contributed by atoms with E-state index in [1.54, 1.807) is 0 Å². The normalized spacial score (nSPS) is 23.0. The maximum atomic E-state index is 12.7. The largest absolute Gasteiger partial charge is 0.498 e. The number of hydrogen-bond donors (Lipinski definition) is 0. The number of quaternary nitrogens is 1. The number of nitro groups is 1. The maximum absolute atomic E-state index is 12.7. The van der Waals surface area contributed by atoms with Crippen LogP contribution in [0.15, 0.2) is 48.5 Å². The summed E-state index contributed by atoms with van der Waals surface area (Å²) in [5.74, 6) is -1.98. The zero-order valence-electron chi connectivity index (χ0n) is 17.6. The summed E-state index contributed by atoms with van der Waals surface area (Å²) >= 11 is 0. The number of likely N-dealkylation sites (tertiary alicyclic amines) is 1. The van der Waals surface area contributed by atoms with Crippen LogP contribution in [0.5, 0.6) is 0 Å². The maximum Gasteiger partial charge on any atom is 0.393 e. The number of hydrogen-bond acceptors (Lipinski definition) is 6.